The number of likely N-dealkylation sites (N-methyl/N-ethyl adjacent to an activating group) is 1. The number of carbonyl (C=O) groups is 1. The van der Waals surface area contributed by atoms with Crippen molar-refractivity contribution in [3.8, 4) is 0 Å². The van der Waals surface area contributed by atoms with Gasteiger partial charge in [0, 0.05) is 17.6 Å². The van der Waals surface area contributed by atoms with Gasteiger partial charge in [-0.1, -0.05) is 19.1 Å². The maximum absolute atomic E-state index is 12.5. The molecule has 3 aromatic rings. The van der Waals surface area contributed by atoms with Crippen LogP contribution in [0.3, 0.4) is 0 Å². The first-order chi connectivity index (χ1) is 12.0. The van der Waals surface area contributed by atoms with Crippen molar-refractivity contribution in [2.45, 2.75) is 27.2 Å². The van der Waals surface area contributed by atoms with Gasteiger partial charge in [0.05, 0.1) is 11.9 Å². The summed E-state index contributed by atoms with van der Waals surface area (Å²) in [5, 5.41) is 4.00. The van der Waals surface area contributed by atoms with Gasteiger partial charge >= 0.3 is 0 Å². The van der Waals surface area contributed by atoms with Crippen LogP contribution in [0.4, 0.5) is 11.5 Å². The van der Waals surface area contributed by atoms with Crippen LogP contribution in [0.25, 0.3) is 10.2 Å². The maximum atomic E-state index is 12.5. The number of hydrogen-bond acceptors (Lipinski definition) is 5. The fourth-order valence-electron chi connectivity index (χ4n) is 2.74. The van der Waals surface area contributed by atoms with E-state index in [4.69, 9.17) is 0 Å². The number of hydrogen-bond donors (Lipinski definition) is 1. The van der Waals surface area contributed by atoms with E-state index in [1.165, 1.54) is 4.88 Å². The number of anilines is 2. The molecule has 130 valence electrons. The van der Waals surface area contributed by atoms with Gasteiger partial charge in [-0.05, 0) is 43.5 Å². The molecule has 6 heteroatoms. The first-order valence-electron chi connectivity index (χ1n) is 8.30. The van der Waals surface area contributed by atoms with Crippen molar-refractivity contribution in [2.24, 2.45) is 0 Å². The number of aryl methyl sites for hydroxylation is 2. The summed E-state index contributed by atoms with van der Waals surface area (Å²) in [4.78, 5) is 25.3. The minimum Gasteiger partial charge on any atom is -0.350 e. The highest BCUT2D eigenvalue weighted by atomic mass is 32.1. The van der Waals surface area contributed by atoms with Crippen LogP contribution in [0.15, 0.2) is 30.6 Å². The SMILES string of the molecule is CCc1cc2c(N(C)CC(=O)Nc3cccc(C)c3C)ncnc2s1. The molecule has 0 aliphatic heterocycles. The minimum atomic E-state index is -0.0612. The van der Waals surface area contributed by atoms with Crippen LogP contribution < -0.4 is 10.2 Å². The number of fused-ring (bicyclic) bond motifs is 1. The Kier molecular flexibility index (Phi) is 4.99. The highest BCUT2D eigenvalue weighted by molar-refractivity contribution is 7.18. The molecule has 0 spiro atoms. The second-order valence-electron chi connectivity index (χ2n) is 6.13. The van der Waals surface area contributed by atoms with Gasteiger partial charge < -0.3 is 10.2 Å². The summed E-state index contributed by atoms with van der Waals surface area (Å²) in [7, 11) is 1.88. The van der Waals surface area contributed by atoms with E-state index in [2.05, 4.69) is 28.3 Å². The van der Waals surface area contributed by atoms with Crippen LogP contribution in [0.5, 0.6) is 0 Å². The molecule has 5 nitrogen and oxygen atoms in total. The van der Waals surface area contributed by atoms with Crippen molar-refractivity contribution >= 4 is 39.0 Å². The Labute approximate surface area is 151 Å². The van der Waals surface area contributed by atoms with Crippen molar-refractivity contribution in [3.63, 3.8) is 0 Å². The molecular formula is C19H22N4OS. The standard InChI is InChI=1S/C19H22N4OS/c1-5-14-9-15-18(20-11-21-19(15)25-14)23(4)10-17(24)22-16-8-6-7-12(2)13(16)3/h6-9,11H,5,10H2,1-4H3,(H,22,24). The van der Waals surface area contributed by atoms with Crippen LogP contribution in [0.2, 0.25) is 0 Å². The number of nitrogens with zero attached hydrogens (tertiary/aromatic N) is 3. The van der Waals surface area contributed by atoms with Gasteiger partial charge in [-0.2, -0.15) is 0 Å². The van der Waals surface area contributed by atoms with E-state index in [9.17, 15) is 4.79 Å². The van der Waals surface area contributed by atoms with Crippen molar-refractivity contribution in [2.75, 3.05) is 23.8 Å². The molecule has 0 atom stereocenters. The van der Waals surface area contributed by atoms with Gasteiger partial charge in [0.15, 0.2) is 0 Å². The molecule has 0 radical (unpaired) electrons. The molecular weight excluding hydrogens is 332 g/mol. The van der Waals surface area contributed by atoms with Gasteiger partial charge in [0.1, 0.15) is 17.0 Å². The van der Waals surface area contributed by atoms with Gasteiger partial charge in [-0.15, -0.1) is 11.3 Å². The highest BCUT2D eigenvalue weighted by Gasteiger charge is 2.15. The van der Waals surface area contributed by atoms with E-state index >= 15 is 0 Å². The van der Waals surface area contributed by atoms with E-state index in [-0.39, 0.29) is 12.5 Å². The summed E-state index contributed by atoms with van der Waals surface area (Å²) in [5.41, 5.74) is 3.11. The molecule has 2 aromatic heterocycles. The van der Waals surface area contributed by atoms with Gasteiger partial charge in [0.2, 0.25) is 5.91 Å². The van der Waals surface area contributed by atoms with Crippen molar-refractivity contribution in [1.82, 2.24) is 9.97 Å². The van der Waals surface area contributed by atoms with E-state index < -0.39 is 0 Å². The molecule has 1 N–H and O–H groups in total. The van der Waals surface area contributed by atoms with Gasteiger partial charge in [-0.3, -0.25) is 4.79 Å². The van der Waals surface area contributed by atoms with Gasteiger partial charge in [-0.25, -0.2) is 9.97 Å². The van der Waals surface area contributed by atoms with E-state index in [0.29, 0.717) is 0 Å². The average Bonchev–Trinajstić information content (AvgIpc) is 3.02. The molecule has 0 bridgehead atoms. The molecule has 0 saturated heterocycles. The van der Waals surface area contributed by atoms with Crippen LogP contribution in [-0.2, 0) is 11.2 Å². The molecule has 0 unspecified atom stereocenters. The number of benzene rings is 1. The number of thiophene rings is 1. The number of carbonyl (C=O) groups excluding carboxylic acids is 1. The molecule has 0 saturated carbocycles. The summed E-state index contributed by atoms with van der Waals surface area (Å²) >= 11 is 1.68. The molecule has 2 heterocycles. The summed E-state index contributed by atoms with van der Waals surface area (Å²) in [6.45, 7) is 6.41. The largest absolute Gasteiger partial charge is 0.350 e. The lowest BCUT2D eigenvalue weighted by atomic mass is 10.1. The fraction of sp³-hybridized carbons (Fsp3) is 0.316. The molecule has 0 aliphatic carbocycles. The number of aromatic nitrogens is 2. The Morgan fingerprint density at radius 2 is 2.08 bits per heavy atom. The molecule has 0 fully saturated rings. The average molecular weight is 354 g/mol. The third-order valence-corrected chi connectivity index (χ3v) is 5.52. The highest BCUT2D eigenvalue weighted by Crippen LogP contribution is 2.30. The minimum absolute atomic E-state index is 0.0612. The molecule has 0 aliphatic rings. The summed E-state index contributed by atoms with van der Waals surface area (Å²) in [6.07, 6.45) is 2.53. The monoisotopic (exact) mass is 354 g/mol. The molecule has 1 aromatic carbocycles. The third-order valence-electron chi connectivity index (χ3n) is 4.33. The third kappa shape index (κ3) is 3.64. The lowest BCUT2D eigenvalue weighted by Gasteiger charge is -2.19. The lowest BCUT2D eigenvalue weighted by molar-refractivity contribution is -0.114. The summed E-state index contributed by atoms with van der Waals surface area (Å²) in [6, 6.07) is 8.04. The molecule has 1 amide bonds. The summed E-state index contributed by atoms with van der Waals surface area (Å²) < 4.78 is 0. The van der Waals surface area contributed by atoms with Gasteiger partial charge in [0.25, 0.3) is 0 Å². The van der Waals surface area contributed by atoms with Crippen LogP contribution >= 0.6 is 11.3 Å². The second kappa shape index (κ2) is 7.19. The van der Waals surface area contributed by atoms with Crippen LogP contribution in [-0.4, -0.2) is 29.5 Å². The number of nitrogens with one attached hydrogen (secondary N) is 1. The normalized spacial score (nSPS) is 10.9. The molecule has 3 rings (SSSR count). The van der Waals surface area contributed by atoms with Crippen molar-refractivity contribution in [1.29, 1.82) is 0 Å². The Morgan fingerprint density at radius 3 is 2.84 bits per heavy atom. The van der Waals surface area contributed by atoms with E-state index in [1.54, 1.807) is 17.7 Å². The lowest BCUT2D eigenvalue weighted by Crippen LogP contribution is -2.31. The zero-order valence-corrected chi connectivity index (χ0v) is 15.8. The Morgan fingerprint density at radius 1 is 1.28 bits per heavy atom. The Balaban J connectivity index is 1.78. The predicted molar refractivity (Wildman–Crippen MR) is 105 cm³/mol. The smallest absolute Gasteiger partial charge is 0.243 e. The Bertz CT molecular complexity index is 919. The van der Waals surface area contributed by atoms with Crippen LogP contribution in [0, 0.1) is 13.8 Å². The maximum Gasteiger partial charge on any atom is 0.243 e. The first-order valence-corrected chi connectivity index (χ1v) is 9.12. The summed E-state index contributed by atoms with van der Waals surface area (Å²) in [5.74, 6) is 0.728. The van der Waals surface area contributed by atoms with E-state index in [1.807, 2.05) is 44.0 Å². The zero-order chi connectivity index (χ0) is 18.0. The Hall–Kier alpha value is -2.47. The zero-order valence-electron chi connectivity index (χ0n) is 15.0. The number of amides is 1. The first kappa shape index (κ1) is 17.4. The topological polar surface area (TPSA) is 58.1 Å². The van der Waals surface area contributed by atoms with Crippen molar-refractivity contribution in [3.05, 3.63) is 46.6 Å². The molecule has 25 heavy (non-hydrogen) atoms. The fourth-order valence-corrected chi connectivity index (χ4v) is 3.67. The van der Waals surface area contributed by atoms with E-state index in [0.717, 1.165) is 39.3 Å². The predicted octanol–water partition coefficient (Wildman–Crippen LogP) is 3.95. The van der Waals surface area contributed by atoms with Crippen molar-refractivity contribution < 1.29 is 4.79 Å². The van der Waals surface area contributed by atoms with Crippen LogP contribution in [0.1, 0.15) is 22.9 Å². The quantitative estimate of drug-likeness (QED) is 0.754. The second-order valence-corrected chi connectivity index (χ2v) is 7.25. The number of rotatable bonds is 5.